The molecule has 4 nitrogen and oxygen atoms in total. The Hall–Kier alpha value is -2.43. The first-order valence-corrected chi connectivity index (χ1v) is 6.26. The van der Waals surface area contributed by atoms with Gasteiger partial charge in [-0.3, -0.25) is 0 Å². The molecule has 0 aliphatic heterocycles. The summed E-state index contributed by atoms with van der Waals surface area (Å²) in [6.45, 7) is 4.37. The van der Waals surface area contributed by atoms with Crippen molar-refractivity contribution in [2.75, 3.05) is 11.4 Å². The van der Waals surface area contributed by atoms with Crippen LogP contribution in [0.25, 0.3) is 0 Å². The van der Waals surface area contributed by atoms with Gasteiger partial charge in [-0.25, -0.2) is 14.2 Å². The van der Waals surface area contributed by atoms with E-state index >= 15 is 0 Å². The molecule has 1 heterocycles. The van der Waals surface area contributed by atoms with E-state index < -0.39 is 11.8 Å². The van der Waals surface area contributed by atoms with E-state index in [0.717, 1.165) is 23.5 Å². The van der Waals surface area contributed by atoms with Gasteiger partial charge in [-0.05, 0) is 37.6 Å². The normalized spacial score (nSPS) is 10.3. The lowest BCUT2D eigenvalue weighted by atomic mass is 10.2. The van der Waals surface area contributed by atoms with E-state index in [2.05, 4.69) is 4.98 Å². The molecule has 2 aromatic rings. The fourth-order valence-corrected chi connectivity index (χ4v) is 2.06. The number of aromatic carboxylic acids is 1. The van der Waals surface area contributed by atoms with Crippen LogP contribution < -0.4 is 4.90 Å². The zero-order valence-corrected chi connectivity index (χ0v) is 11.3. The van der Waals surface area contributed by atoms with E-state index in [4.69, 9.17) is 0 Å². The van der Waals surface area contributed by atoms with Gasteiger partial charge in [0.2, 0.25) is 0 Å². The van der Waals surface area contributed by atoms with Gasteiger partial charge in [-0.2, -0.15) is 0 Å². The van der Waals surface area contributed by atoms with Crippen LogP contribution in [0.15, 0.2) is 36.5 Å². The Morgan fingerprint density at radius 1 is 1.40 bits per heavy atom. The molecule has 5 heteroatoms. The highest BCUT2D eigenvalue weighted by molar-refractivity contribution is 5.94. The fraction of sp³-hybridized carbons (Fsp3) is 0.200. The molecule has 2 rings (SSSR count). The second kappa shape index (κ2) is 5.69. The van der Waals surface area contributed by atoms with Crippen LogP contribution in [0.3, 0.4) is 0 Å². The molecule has 1 N–H and O–H groups in total. The average Bonchev–Trinajstić information content (AvgIpc) is 2.41. The Labute approximate surface area is 116 Å². The van der Waals surface area contributed by atoms with Crippen molar-refractivity contribution in [1.82, 2.24) is 4.98 Å². The second-order valence-electron chi connectivity index (χ2n) is 4.41. The zero-order valence-electron chi connectivity index (χ0n) is 11.3. The first kappa shape index (κ1) is 14.0. The summed E-state index contributed by atoms with van der Waals surface area (Å²) in [6.07, 6.45) is 1.03. The number of hydrogen-bond acceptors (Lipinski definition) is 3. The third-order valence-corrected chi connectivity index (χ3v) is 2.95. The number of hydrogen-bond donors (Lipinski definition) is 1. The van der Waals surface area contributed by atoms with Crippen LogP contribution in [0.1, 0.15) is 22.8 Å². The lowest BCUT2D eigenvalue weighted by Crippen LogP contribution is -2.21. The summed E-state index contributed by atoms with van der Waals surface area (Å²) >= 11 is 0. The number of aryl methyl sites for hydroxylation is 1. The number of aromatic nitrogens is 1. The van der Waals surface area contributed by atoms with Crippen molar-refractivity contribution in [1.29, 1.82) is 0 Å². The molecule has 0 radical (unpaired) electrons. The maximum atomic E-state index is 13.2. The number of halogens is 1. The third-order valence-electron chi connectivity index (χ3n) is 2.95. The Bertz CT molecular complexity index is 644. The monoisotopic (exact) mass is 274 g/mol. The first-order chi connectivity index (χ1) is 9.52. The largest absolute Gasteiger partial charge is 0.478 e. The van der Waals surface area contributed by atoms with Crippen LogP contribution >= 0.6 is 0 Å². The average molecular weight is 274 g/mol. The number of carboxylic acids is 1. The van der Waals surface area contributed by atoms with Gasteiger partial charge in [0, 0.05) is 12.2 Å². The molecule has 20 heavy (non-hydrogen) atoms. The maximum absolute atomic E-state index is 13.2. The van der Waals surface area contributed by atoms with Gasteiger partial charge in [0.1, 0.15) is 17.2 Å². The van der Waals surface area contributed by atoms with Gasteiger partial charge in [0.25, 0.3) is 0 Å². The molecule has 1 aromatic heterocycles. The second-order valence-corrected chi connectivity index (χ2v) is 4.41. The summed E-state index contributed by atoms with van der Waals surface area (Å²) in [7, 11) is 0. The SMILES string of the molecule is CCN(c1cccc(C)c1)c1ncc(F)cc1C(=O)O. The highest BCUT2D eigenvalue weighted by atomic mass is 19.1. The molecule has 104 valence electrons. The van der Waals surface area contributed by atoms with E-state index in [1.165, 1.54) is 0 Å². The van der Waals surface area contributed by atoms with E-state index in [1.807, 2.05) is 38.1 Å². The molecule has 0 fully saturated rings. The minimum atomic E-state index is -1.20. The minimum absolute atomic E-state index is 0.145. The van der Waals surface area contributed by atoms with E-state index in [0.29, 0.717) is 6.54 Å². The van der Waals surface area contributed by atoms with Crippen molar-refractivity contribution >= 4 is 17.5 Å². The van der Waals surface area contributed by atoms with Crippen LogP contribution in [-0.4, -0.2) is 22.6 Å². The van der Waals surface area contributed by atoms with E-state index in [1.54, 1.807) is 4.90 Å². The smallest absolute Gasteiger partial charge is 0.339 e. The van der Waals surface area contributed by atoms with Gasteiger partial charge in [-0.1, -0.05) is 12.1 Å². The molecular formula is C15H15FN2O2. The number of pyridine rings is 1. The summed E-state index contributed by atoms with van der Waals surface area (Å²) in [5.74, 6) is -1.61. The van der Waals surface area contributed by atoms with Gasteiger partial charge in [-0.15, -0.1) is 0 Å². The predicted octanol–water partition coefficient (Wildman–Crippen LogP) is 3.39. The number of rotatable bonds is 4. The summed E-state index contributed by atoms with van der Waals surface area (Å²) < 4.78 is 13.2. The molecule has 0 saturated heterocycles. The fourth-order valence-electron chi connectivity index (χ4n) is 2.06. The number of carboxylic acid groups (broad SMARTS) is 1. The van der Waals surface area contributed by atoms with Crippen LogP contribution in [0.5, 0.6) is 0 Å². The zero-order chi connectivity index (χ0) is 14.7. The standard InChI is InChI=1S/C15H15FN2O2/c1-3-18(12-6-4-5-10(2)7-12)14-13(15(19)20)8-11(16)9-17-14/h4-9H,3H2,1-2H3,(H,19,20). The van der Waals surface area contributed by atoms with Crippen molar-refractivity contribution in [2.24, 2.45) is 0 Å². The van der Waals surface area contributed by atoms with Crippen molar-refractivity contribution in [2.45, 2.75) is 13.8 Å². The highest BCUT2D eigenvalue weighted by Crippen LogP contribution is 2.27. The molecule has 0 spiro atoms. The summed E-state index contributed by atoms with van der Waals surface area (Å²) in [6, 6.07) is 8.63. The Morgan fingerprint density at radius 3 is 2.75 bits per heavy atom. The van der Waals surface area contributed by atoms with Crippen LogP contribution in [0.4, 0.5) is 15.9 Å². The third kappa shape index (κ3) is 2.77. The molecule has 0 aliphatic carbocycles. The van der Waals surface area contributed by atoms with Gasteiger partial charge >= 0.3 is 5.97 Å². The molecule has 0 bridgehead atoms. The number of nitrogens with zero attached hydrogens (tertiary/aromatic N) is 2. The topological polar surface area (TPSA) is 53.4 Å². The van der Waals surface area contributed by atoms with Crippen LogP contribution in [-0.2, 0) is 0 Å². The van der Waals surface area contributed by atoms with Crippen molar-refractivity contribution in [3.05, 3.63) is 53.5 Å². The van der Waals surface area contributed by atoms with Crippen molar-refractivity contribution in [3.8, 4) is 0 Å². The number of anilines is 2. The molecule has 0 aliphatic rings. The van der Waals surface area contributed by atoms with E-state index in [-0.39, 0.29) is 11.4 Å². The molecule has 0 atom stereocenters. The van der Waals surface area contributed by atoms with Crippen LogP contribution in [0, 0.1) is 12.7 Å². The van der Waals surface area contributed by atoms with Crippen LogP contribution in [0.2, 0.25) is 0 Å². The molecule has 0 saturated carbocycles. The molecular weight excluding hydrogens is 259 g/mol. The van der Waals surface area contributed by atoms with Gasteiger partial charge in [0.15, 0.2) is 0 Å². The number of carbonyl (C=O) groups is 1. The Balaban J connectivity index is 2.55. The quantitative estimate of drug-likeness (QED) is 0.928. The van der Waals surface area contributed by atoms with Crippen molar-refractivity contribution in [3.63, 3.8) is 0 Å². The molecule has 0 unspecified atom stereocenters. The van der Waals surface area contributed by atoms with Crippen molar-refractivity contribution < 1.29 is 14.3 Å². The Kier molecular flexibility index (Phi) is 3.98. The lowest BCUT2D eigenvalue weighted by molar-refractivity contribution is 0.0696. The number of benzene rings is 1. The van der Waals surface area contributed by atoms with Gasteiger partial charge in [0.05, 0.1) is 6.20 Å². The lowest BCUT2D eigenvalue weighted by Gasteiger charge is -2.23. The predicted molar refractivity (Wildman–Crippen MR) is 75.0 cm³/mol. The first-order valence-electron chi connectivity index (χ1n) is 6.26. The molecule has 1 aromatic carbocycles. The molecule has 0 amide bonds. The summed E-state index contributed by atoms with van der Waals surface area (Å²) in [4.78, 5) is 17.0. The summed E-state index contributed by atoms with van der Waals surface area (Å²) in [5, 5.41) is 9.20. The van der Waals surface area contributed by atoms with E-state index in [9.17, 15) is 14.3 Å². The maximum Gasteiger partial charge on any atom is 0.339 e. The Morgan fingerprint density at radius 2 is 2.15 bits per heavy atom. The van der Waals surface area contributed by atoms with Gasteiger partial charge < -0.3 is 10.0 Å². The summed E-state index contributed by atoms with van der Waals surface area (Å²) in [5.41, 5.74) is 1.74. The minimum Gasteiger partial charge on any atom is -0.478 e. The highest BCUT2D eigenvalue weighted by Gasteiger charge is 2.19.